The molecule has 4 rings (SSSR count). The molecule has 1 saturated carbocycles. The molecule has 3 aromatic carbocycles. The summed E-state index contributed by atoms with van der Waals surface area (Å²) in [7, 11) is -4.63. The van der Waals surface area contributed by atoms with Gasteiger partial charge in [0.2, 0.25) is 11.8 Å². The van der Waals surface area contributed by atoms with Crippen molar-refractivity contribution in [2.45, 2.75) is 68.7 Å². The van der Waals surface area contributed by atoms with E-state index in [2.05, 4.69) is 5.32 Å². The van der Waals surface area contributed by atoms with Crippen molar-refractivity contribution in [2.24, 2.45) is 0 Å². The second-order valence-electron chi connectivity index (χ2n) is 10.7. The van der Waals surface area contributed by atoms with Crippen molar-refractivity contribution in [3.05, 3.63) is 94.8 Å². The molecule has 1 unspecified atom stereocenters. The van der Waals surface area contributed by atoms with Gasteiger partial charge in [-0.15, -0.1) is 0 Å². The molecule has 1 N–H and O–H groups in total. The number of nitrogens with one attached hydrogen (secondary N) is 1. The lowest BCUT2D eigenvalue weighted by atomic mass is 9.95. The Morgan fingerprint density at radius 1 is 0.977 bits per heavy atom. The summed E-state index contributed by atoms with van der Waals surface area (Å²) in [6.07, 6.45) is -0.320. The zero-order chi connectivity index (χ0) is 32.1. The Kier molecular flexibility index (Phi) is 10.6. The Balaban J connectivity index is 1.74. The SMILES string of the molecule is CC(C(=O)NC1CCCCC1)N(Cc1ccc(F)cc1)C(=O)CN(c1cc(C(F)(F)F)ccc1Cl)S(=O)(=O)c1ccccc1. The minimum absolute atomic E-state index is 0.0830. The van der Waals surface area contributed by atoms with Gasteiger partial charge in [-0.1, -0.05) is 61.2 Å². The molecule has 1 atom stereocenters. The Morgan fingerprint density at radius 2 is 1.61 bits per heavy atom. The van der Waals surface area contributed by atoms with Crippen molar-refractivity contribution >= 4 is 39.1 Å². The second kappa shape index (κ2) is 14.0. The molecule has 1 aliphatic carbocycles. The number of benzene rings is 3. The Hall–Kier alpha value is -3.64. The van der Waals surface area contributed by atoms with E-state index >= 15 is 0 Å². The van der Waals surface area contributed by atoms with Crippen LogP contribution in [0.3, 0.4) is 0 Å². The molecule has 0 aromatic heterocycles. The maximum Gasteiger partial charge on any atom is 0.416 e. The van der Waals surface area contributed by atoms with Crippen LogP contribution in [-0.2, 0) is 32.3 Å². The van der Waals surface area contributed by atoms with Gasteiger partial charge in [0, 0.05) is 12.6 Å². The summed E-state index contributed by atoms with van der Waals surface area (Å²) in [6, 6.07) is 13.1. The van der Waals surface area contributed by atoms with Crippen molar-refractivity contribution in [3.8, 4) is 0 Å². The zero-order valence-electron chi connectivity index (χ0n) is 23.9. The van der Waals surface area contributed by atoms with Crippen molar-refractivity contribution in [2.75, 3.05) is 10.8 Å². The number of rotatable bonds is 10. The van der Waals surface area contributed by atoms with E-state index in [9.17, 15) is 35.6 Å². The van der Waals surface area contributed by atoms with Crippen molar-refractivity contribution in [3.63, 3.8) is 0 Å². The molecule has 44 heavy (non-hydrogen) atoms. The van der Waals surface area contributed by atoms with Crippen LogP contribution < -0.4 is 9.62 Å². The molecule has 0 aliphatic heterocycles. The first-order valence-corrected chi connectivity index (χ1v) is 15.9. The quantitative estimate of drug-likeness (QED) is 0.251. The Morgan fingerprint density at radius 3 is 2.23 bits per heavy atom. The summed E-state index contributed by atoms with van der Waals surface area (Å²) in [6.45, 7) is 0.307. The summed E-state index contributed by atoms with van der Waals surface area (Å²) >= 11 is 6.27. The molecule has 1 fully saturated rings. The summed E-state index contributed by atoms with van der Waals surface area (Å²) < 4.78 is 82.9. The first-order chi connectivity index (χ1) is 20.8. The van der Waals surface area contributed by atoms with E-state index in [1.54, 1.807) is 6.07 Å². The fraction of sp³-hybridized carbons (Fsp3) is 0.355. The number of alkyl halides is 3. The van der Waals surface area contributed by atoms with E-state index in [1.165, 1.54) is 55.5 Å². The van der Waals surface area contributed by atoms with Crippen LogP contribution in [0, 0.1) is 5.82 Å². The molecule has 0 spiro atoms. The largest absolute Gasteiger partial charge is 0.416 e. The predicted octanol–water partition coefficient (Wildman–Crippen LogP) is 6.56. The number of anilines is 1. The smallest absolute Gasteiger partial charge is 0.352 e. The van der Waals surface area contributed by atoms with Crippen LogP contribution in [0.25, 0.3) is 0 Å². The monoisotopic (exact) mass is 653 g/mol. The van der Waals surface area contributed by atoms with Gasteiger partial charge in [0.15, 0.2) is 0 Å². The number of carbonyl (C=O) groups excluding carboxylic acids is 2. The van der Waals surface area contributed by atoms with E-state index in [4.69, 9.17) is 11.6 Å². The fourth-order valence-corrected chi connectivity index (χ4v) is 6.77. The number of carbonyl (C=O) groups is 2. The van der Waals surface area contributed by atoms with Crippen LogP contribution in [0.2, 0.25) is 5.02 Å². The van der Waals surface area contributed by atoms with E-state index in [0.29, 0.717) is 22.0 Å². The topological polar surface area (TPSA) is 86.8 Å². The molecule has 0 bridgehead atoms. The van der Waals surface area contributed by atoms with E-state index in [-0.39, 0.29) is 22.5 Å². The van der Waals surface area contributed by atoms with Crippen molar-refractivity contribution in [1.82, 2.24) is 10.2 Å². The number of hydrogen-bond acceptors (Lipinski definition) is 4. The molecular formula is C31H32ClF4N3O4S. The third kappa shape index (κ3) is 8.09. The molecule has 0 saturated heterocycles. The first kappa shape index (κ1) is 33.3. The molecular weight excluding hydrogens is 622 g/mol. The average Bonchev–Trinajstić information content (AvgIpc) is 3.00. The molecule has 7 nitrogen and oxygen atoms in total. The predicted molar refractivity (Wildman–Crippen MR) is 159 cm³/mol. The minimum Gasteiger partial charge on any atom is -0.352 e. The molecule has 236 valence electrons. The van der Waals surface area contributed by atoms with Gasteiger partial charge in [-0.25, -0.2) is 12.8 Å². The molecule has 0 heterocycles. The van der Waals surface area contributed by atoms with E-state index < -0.39 is 57.7 Å². The maximum absolute atomic E-state index is 14.0. The molecule has 0 radical (unpaired) electrons. The van der Waals surface area contributed by atoms with E-state index in [0.717, 1.165) is 43.1 Å². The lowest BCUT2D eigenvalue weighted by molar-refractivity contribution is -0.139. The lowest BCUT2D eigenvalue weighted by Gasteiger charge is -2.33. The normalized spacial score (nSPS) is 15.0. The highest BCUT2D eigenvalue weighted by Gasteiger charge is 2.36. The molecule has 3 aromatic rings. The van der Waals surface area contributed by atoms with Crippen LogP contribution in [0.15, 0.2) is 77.7 Å². The van der Waals surface area contributed by atoms with Gasteiger partial charge < -0.3 is 10.2 Å². The Bertz CT molecular complexity index is 1560. The van der Waals surface area contributed by atoms with Crippen molar-refractivity contribution in [1.29, 1.82) is 0 Å². The first-order valence-electron chi connectivity index (χ1n) is 14.1. The third-order valence-electron chi connectivity index (χ3n) is 7.54. The molecule has 13 heteroatoms. The van der Waals surface area contributed by atoms with E-state index in [1.807, 2.05) is 0 Å². The van der Waals surface area contributed by atoms with Crippen LogP contribution in [-0.4, -0.2) is 43.8 Å². The maximum atomic E-state index is 14.0. The second-order valence-corrected chi connectivity index (χ2v) is 12.9. The van der Waals surface area contributed by atoms with Gasteiger partial charge in [-0.2, -0.15) is 13.2 Å². The van der Waals surface area contributed by atoms with Gasteiger partial charge in [0.1, 0.15) is 18.4 Å². The summed E-state index contributed by atoms with van der Waals surface area (Å²) in [5.41, 5.74) is -1.27. The zero-order valence-corrected chi connectivity index (χ0v) is 25.4. The highest BCUT2D eigenvalue weighted by Crippen LogP contribution is 2.37. The number of amides is 2. The summed E-state index contributed by atoms with van der Waals surface area (Å²) in [4.78, 5) is 28.2. The number of nitrogens with zero attached hydrogens (tertiary/aromatic N) is 2. The van der Waals surface area contributed by atoms with Gasteiger partial charge >= 0.3 is 6.18 Å². The summed E-state index contributed by atoms with van der Waals surface area (Å²) in [5.74, 6) is -1.87. The van der Waals surface area contributed by atoms with Crippen LogP contribution in [0.1, 0.15) is 50.2 Å². The Labute approximate surface area is 258 Å². The van der Waals surface area contributed by atoms with Gasteiger partial charge in [0.05, 0.1) is 21.2 Å². The highest BCUT2D eigenvalue weighted by molar-refractivity contribution is 7.92. The fourth-order valence-electron chi connectivity index (χ4n) is 5.05. The standard InChI is InChI=1S/C31H32ClF4N3O4S/c1-21(30(41)37-25-8-4-2-5-9-25)38(19-22-12-15-24(33)16-13-22)29(40)20-39(44(42,43)26-10-6-3-7-11-26)28-18-23(31(34,35)36)14-17-27(28)32/h3,6-7,10-18,21,25H,2,4-5,8-9,19-20H2,1H3,(H,37,41). The molecule has 1 aliphatic rings. The van der Waals surface area contributed by atoms with Crippen molar-refractivity contribution < 1.29 is 35.6 Å². The van der Waals surface area contributed by atoms with Crippen LogP contribution in [0.4, 0.5) is 23.2 Å². The molecule has 2 amide bonds. The van der Waals surface area contributed by atoms with Gasteiger partial charge in [-0.3, -0.25) is 13.9 Å². The average molecular weight is 654 g/mol. The number of halogens is 5. The number of hydrogen-bond donors (Lipinski definition) is 1. The lowest BCUT2D eigenvalue weighted by Crippen LogP contribution is -2.53. The summed E-state index contributed by atoms with van der Waals surface area (Å²) in [5, 5.41) is 2.62. The van der Waals surface area contributed by atoms with Crippen LogP contribution >= 0.6 is 11.6 Å². The van der Waals surface area contributed by atoms with Gasteiger partial charge in [-0.05, 0) is 67.8 Å². The minimum atomic E-state index is -4.83. The third-order valence-corrected chi connectivity index (χ3v) is 9.63. The number of sulfonamides is 1. The van der Waals surface area contributed by atoms with Crippen LogP contribution in [0.5, 0.6) is 0 Å². The highest BCUT2D eigenvalue weighted by atomic mass is 35.5. The van der Waals surface area contributed by atoms with Gasteiger partial charge in [0.25, 0.3) is 10.0 Å².